The van der Waals surface area contributed by atoms with Crippen molar-refractivity contribution in [3.63, 3.8) is 0 Å². The standard InChI is InChI=1S/C13H19N/c1-3-11-9-14-10(2)8-12-6-4-5-7-13(11)12/h4-7,10-11,14H,3,8-9H2,1-2H3/t10-,11+/m1/s1. The van der Waals surface area contributed by atoms with Gasteiger partial charge in [-0.15, -0.1) is 0 Å². The first-order valence-corrected chi connectivity index (χ1v) is 5.62. The fourth-order valence-corrected chi connectivity index (χ4v) is 2.34. The SMILES string of the molecule is CC[C@H]1CN[C@H](C)Cc2ccccc21. The minimum atomic E-state index is 0.618. The van der Waals surface area contributed by atoms with Crippen LogP contribution in [0.5, 0.6) is 0 Å². The van der Waals surface area contributed by atoms with Crippen LogP contribution in [0.2, 0.25) is 0 Å². The molecule has 0 radical (unpaired) electrons. The van der Waals surface area contributed by atoms with Gasteiger partial charge < -0.3 is 5.32 Å². The molecule has 0 aromatic heterocycles. The molecule has 14 heavy (non-hydrogen) atoms. The van der Waals surface area contributed by atoms with Crippen molar-refractivity contribution in [3.05, 3.63) is 35.4 Å². The van der Waals surface area contributed by atoms with Crippen LogP contribution in [-0.4, -0.2) is 12.6 Å². The summed E-state index contributed by atoms with van der Waals surface area (Å²) in [6.45, 7) is 5.68. The van der Waals surface area contributed by atoms with E-state index in [0.29, 0.717) is 12.0 Å². The van der Waals surface area contributed by atoms with Crippen molar-refractivity contribution < 1.29 is 0 Å². The molecule has 1 aromatic rings. The van der Waals surface area contributed by atoms with E-state index < -0.39 is 0 Å². The van der Waals surface area contributed by atoms with Crippen LogP contribution in [-0.2, 0) is 6.42 Å². The van der Waals surface area contributed by atoms with Gasteiger partial charge in [-0.05, 0) is 36.8 Å². The van der Waals surface area contributed by atoms with E-state index in [4.69, 9.17) is 0 Å². The van der Waals surface area contributed by atoms with Crippen molar-refractivity contribution in [2.45, 2.75) is 38.6 Å². The van der Waals surface area contributed by atoms with Gasteiger partial charge in [0.1, 0.15) is 0 Å². The van der Waals surface area contributed by atoms with Gasteiger partial charge in [0.2, 0.25) is 0 Å². The molecule has 0 saturated carbocycles. The highest BCUT2D eigenvalue weighted by Crippen LogP contribution is 2.26. The third-order valence-corrected chi connectivity index (χ3v) is 3.23. The Kier molecular flexibility index (Phi) is 2.87. The van der Waals surface area contributed by atoms with Crippen LogP contribution in [0, 0.1) is 0 Å². The minimum Gasteiger partial charge on any atom is -0.313 e. The van der Waals surface area contributed by atoms with E-state index in [-0.39, 0.29) is 0 Å². The Bertz CT molecular complexity index is 306. The Morgan fingerprint density at radius 3 is 2.93 bits per heavy atom. The molecule has 1 aliphatic heterocycles. The molecule has 1 N–H and O–H groups in total. The fraction of sp³-hybridized carbons (Fsp3) is 0.538. The van der Waals surface area contributed by atoms with Gasteiger partial charge in [0.25, 0.3) is 0 Å². The lowest BCUT2D eigenvalue weighted by Crippen LogP contribution is -2.28. The minimum absolute atomic E-state index is 0.618. The van der Waals surface area contributed by atoms with E-state index in [0.717, 1.165) is 6.54 Å². The average molecular weight is 189 g/mol. The lowest BCUT2D eigenvalue weighted by molar-refractivity contribution is 0.521. The number of rotatable bonds is 1. The molecule has 1 aromatic carbocycles. The first-order valence-electron chi connectivity index (χ1n) is 5.62. The molecule has 1 heteroatoms. The second-order valence-electron chi connectivity index (χ2n) is 4.32. The largest absolute Gasteiger partial charge is 0.313 e. The highest BCUT2D eigenvalue weighted by Gasteiger charge is 2.19. The number of hydrogen-bond donors (Lipinski definition) is 1. The molecule has 0 spiro atoms. The predicted octanol–water partition coefficient (Wildman–Crippen LogP) is 2.71. The Hall–Kier alpha value is -0.820. The summed E-state index contributed by atoms with van der Waals surface area (Å²) in [5, 5.41) is 3.59. The third kappa shape index (κ3) is 1.83. The van der Waals surface area contributed by atoms with Gasteiger partial charge in [-0.2, -0.15) is 0 Å². The molecule has 1 aliphatic rings. The van der Waals surface area contributed by atoms with E-state index in [1.165, 1.54) is 18.4 Å². The van der Waals surface area contributed by atoms with Crippen molar-refractivity contribution in [2.75, 3.05) is 6.54 Å². The maximum atomic E-state index is 3.59. The molecule has 0 unspecified atom stereocenters. The highest BCUT2D eigenvalue weighted by atomic mass is 14.9. The number of hydrogen-bond acceptors (Lipinski definition) is 1. The van der Waals surface area contributed by atoms with E-state index in [1.54, 1.807) is 5.56 Å². The summed E-state index contributed by atoms with van der Waals surface area (Å²) in [5.74, 6) is 0.705. The van der Waals surface area contributed by atoms with Crippen molar-refractivity contribution in [2.24, 2.45) is 0 Å². The molecule has 1 heterocycles. The van der Waals surface area contributed by atoms with Crippen LogP contribution in [0.1, 0.15) is 37.3 Å². The Morgan fingerprint density at radius 1 is 1.36 bits per heavy atom. The molecule has 76 valence electrons. The van der Waals surface area contributed by atoms with Gasteiger partial charge in [0.15, 0.2) is 0 Å². The first kappa shape index (κ1) is 9.72. The zero-order valence-corrected chi connectivity index (χ0v) is 9.09. The second-order valence-corrected chi connectivity index (χ2v) is 4.32. The van der Waals surface area contributed by atoms with Crippen LogP contribution < -0.4 is 5.32 Å². The topological polar surface area (TPSA) is 12.0 Å². The molecular formula is C13H19N. The molecule has 2 atom stereocenters. The van der Waals surface area contributed by atoms with E-state index in [2.05, 4.69) is 43.4 Å². The monoisotopic (exact) mass is 189 g/mol. The van der Waals surface area contributed by atoms with Crippen LogP contribution in [0.15, 0.2) is 24.3 Å². The number of benzene rings is 1. The predicted molar refractivity (Wildman–Crippen MR) is 60.6 cm³/mol. The van der Waals surface area contributed by atoms with Gasteiger partial charge in [-0.25, -0.2) is 0 Å². The summed E-state index contributed by atoms with van der Waals surface area (Å²) >= 11 is 0. The molecule has 0 fully saturated rings. The first-order chi connectivity index (χ1) is 6.81. The maximum absolute atomic E-state index is 3.59. The summed E-state index contributed by atoms with van der Waals surface area (Å²) in [6, 6.07) is 9.51. The average Bonchev–Trinajstić information content (AvgIpc) is 2.36. The van der Waals surface area contributed by atoms with Crippen LogP contribution in [0.25, 0.3) is 0 Å². The lowest BCUT2D eigenvalue weighted by atomic mass is 9.92. The maximum Gasteiger partial charge on any atom is 0.00794 e. The number of fused-ring (bicyclic) bond motifs is 1. The van der Waals surface area contributed by atoms with Gasteiger partial charge in [-0.1, -0.05) is 31.2 Å². The van der Waals surface area contributed by atoms with Crippen molar-refractivity contribution >= 4 is 0 Å². The summed E-state index contributed by atoms with van der Waals surface area (Å²) in [4.78, 5) is 0. The summed E-state index contributed by atoms with van der Waals surface area (Å²) < 4.78 is 0. The molecule has 0 amide bonds. The molecule has 0 bridgehead atoms. The van der Waals surface area contributed by atoms with Gasteiger partial charge in [0.05, 0.1) is 0 Å². The smallest absolute Gasteiger partial charge is 0.00794 e. The van der Waals surface area contributed by atoms with Crippen molar-refractivity contribution in [3.8, 4) is 0 Å². The van der Waals surface area contributed by atoms with Gasteiger partial charge in [-0.3, -0.25) is 0 Å². The van der Waals surface area contributed by atoms with E-state index >= 15 is 0 Å². The molecular weight excluding hydrogens is 170 g/mol. The number of nitrogens with one attached hydrogen (secondary N) is 1. The zero-order chi connectivity index (χ0) is 9.97. The Morgan fingerprint density at radius 2 is 2.14 bits per heavy atom. The van der Waals surface area contributed by atoms with Crippen molar-refractivity contribution in [1.29, 1.82) is 0 Å². The van der Waals surface area contributed by atoms with Crippen LogP contribution >= 0.6 is 0 Å². The van der Waals surface area contributed by atoms with Crippen LogP contribution in [0.3, 0.4) is 0 Å². The molecule has 0 aliphatic carbocycles. The normalized spacial score (nSPS) is 26.7. The van der Waals surface area contributed by atoms with Crippen molar-refractivity contribution in [1.82, 2.24) is 5.32 Å². The Labute approximate surface area is 86.5 Å². The fourth-order valence-electron chi connectivity index (χ4n) is 2.34. The summed E-state index contributed by atoms with van der Waals surface area (Å²) in [5.41, 5.74) is 3.10. The highest BCUT2D eigenvalue weighted by molar-refractivity contribution is 5.32. The lowest BCUT2D eigenvalue weighted by Gasteiger charge is -2.14. The summed E-state index contributed by atoms with van der Waals surface area (Å²) in [6.07, 6.45) is 2.41. The molecule has 1 nitrogen and oxygen atoms in total. The summed E-state index contributed by atoms with van der Waals surface area (Å²) in [7, 11) is 0. The van der Waals surface area contributed by atoms with Gasteiger partial charge >= 0.3 is 0 Å². The van der Waals surface area contributed by atoms with E-state index in [1.807, 2.05) is 0 Å². The Balaban J connectivity index is 2.36. The second kappa shape index (κ2) is 4.14. The quantitative estimate of drug-likeness (QED) is 0.716. The molecule has 2 rings (SSSR count). The van der Waals surface area contributed by atoms with Gasteiger partial charge in [0, 0.05) is 12.6 Å². The van der Waals surface area contributed by atoms with Crippen LogP contribution in [0.4, 0.5) is 0 Å². The zero-order valence-electron chi connectivity index (χ0n) is 9.09. The van der Waals surface area contributed by atoms with E-state index in [9.17, 15) is 0 Å². The third-order valence-electron chi connectivity index (χ3n) is 3.23. The molecule has 0 saturated heterocycles.